The topological polar surface area (TPSA) is 58.2 Å². The van der Waals surface area contributed by atoms with E-state index in [0.29, 0.717) is 37.0 Å². The van der Waals surface area contributed by atoms with Gasteiger partial charge in [0.05, 0.1) is 16.5 Å². The number of carbonyl (C=O) groups is 2. The van der Waals surface area contributed by atoms with Crippen molar-refractivity contribution in [1.82, 2.24) is 0 Å². The van der Waals surface area contributed by atoms with Crippen LogP contribution >= 0.6 is 81.2 Å². The second kappa shape index (κ2) is 9.94. The Morgan fingerprint density at radius 2 is 1.26 bits per heavy atom. The van der Waals surface area contributed by atoms with E-state index in [-0.39, 0.29) is 10.6 Å². The van der Waals surface area contributed by atoms with E-state index < -0.39 is 28.0 Å². The molecule has 0 radical (unpaired) electrons. The van der Waals surface area contributed by atoms with Gasteiger partial charge in [-0.2, -0.15) is 0 Å². The first kappa shape index (κ1) is 25.7. The third-order valence-electron chi connectivity index (χ3n) is 5.18. The van der Waals surface area contributed by atoms with Gasteiger partial charge < -0.3 is 10.6 Å². The summed E-state index contributed by atoms with van der Waals surface area (Å²) in [5.74, 6) is -2.20. The standard InChI is InChI=1S/C23H13Cl7N2O2/c24-11-3-10(4-12(25)5-11)19-20(23(19,29)30)22(34)31-15-1-2-18(28)17(9-15)21(33)32-16-7-13(26)6-14(27)8-16/h1-9,19-20H,(H,31,34)(H,32,33)/t19-,20+/m1/s1. The number of carbonyl (C=O) groups excluding carboxylic acids is 2. The van der Waals surface area contributed by atoms with Crippen molar-refractivity contribution in [2.75, 3.05) is 10.6 Å². The Balaban J connectivity index is 1.52. The van der Waals surface area contributed by atoms with Crippen molar-refractivity contribution in [3.8, 4) is 0 Å². The zero-order valence-corrected chi connectivity index (χ0v) is 22.1. The Labute approximate surface area is 230 Å². The van der Waals surface area contributed by atoms with Crippen molar-refractivity contribution in [2.24, 2.45) is 5.92 Å². The second-order valence-corrected chi connectivity index (χ2v) is 11.2. The molecule has 4 rings (SSSR count). The fraction of sp³-hybridized carbons (Fsp3) is 0.130. The summed E-state index contributed by atoms with van der Waals surface area (Å²) in [6.07, 6.45) is 0. The molecule has 1 fully saturated rings. The van der Waals surface area contributed by atoms with Crippen LogP contribution in [-0.2, 0) is 4.79 Å². The van der Waals surface area contributed by atoms with E-state index in [0.717, 1.165) is 0 Å². The van der Waals surface area contributed by atoms with Crippen LogP contribution in [-0.4, -0.2) is 16.1 Å². The lowest BCUT2D eigenvalue weighted by Crippen LogP contribution is -2.18. The lowest BCUT2D eigenvalue weighted by Gasteiger charge is -2.11. The molecule has 0 aromatic heterocycles. The molecule has 4 nitrogen and oxygen atoms in total. The molecule has 1 aliphatic rings. The number of amides is 2. The van der Waals surface area contributed by atoms with Gasteiger partial charge >= 0.3 is 0 Å². The molecule has 1 aliphatic carbocycles. The SMILES string of the molecule is O=C(Nc1cc(Cl)cc(Cl)c1)c1cc(NC(=O)[C@@H]2[C@@H](c3cc(Cl)cc(Cl)c3)C2(Cl)Cl)ccc1Cl. The minimum Gasteiger partial charge on any atom is -0.326 e. The Kier molecular flexibility index (Phi) is 7.52. The number of rotatable bonds is 5. The molecule has 3 aromatic rings. The van der Waals surface area contributed by atoms with Crippen LogP contribution in [0, 0.1) is 5.92 Å². The lowest BCUT2D eigenvalue weighted by molar-refractivity contribution is -0.117. The van der Waals surface area contributed by atoms with Gasteiger partial charge in [0.25, 0.3) is 5.91 Å². The molecule has 0 bridgehead atoms. The second-order valence-electron chi connectivity index (χ2n) is 7.63. The van der Waals surface area contributed by atoms with Gasteiger partial charge in [0.2, 0.25) is 5.91 Å². The highest BCUT2D eigenvalue weighted by molar-refractivity contribution is 6.53. The number of nitrogens with one attached hydrogen (secondary N) is 2. The van der Waals surface area contributed by atoms with E-state index >= 15 is 0 Å². The van der Waals surface area contributed by atoms with Crippen LogP contribution in [0.2, 0.25) is 25.1 Å². The Bertz CT molecular complexity index is 1270. The molecule has 0 spiro atoms. The van der Waals surface area contributed by atoms with Gasteiger partial charge in [0, 0.05) is 37.4 Å². The zero-order valence-electron chi connectivity index (χ0n) is 16.8. The molecule has 0 unspecified atom stereocenters. The van der Waals surface area contributed by atoms with Crippen molar-refractivity contribution < 1.29 is 9.59 Å². The molecular formula is C23H13Cl7N2O2. The van der Waals surface area contributed by atoms with Crippen molar-refractivity contribution in [1.29, 1.82) is 0 Å². The van der Waals surface area contributed by atoms with E-state index in [1.807, 2.05) is 0 Å². The van der Waals surface area contributed by atoms with Crippen LogP contribution in [0.4, 0.5) is 11.4 Å². The third-order valence-corrected chi connectivity index (χ3v) is 7.32. The van der Waals surface area contributed by atoms with Crippen molar-refractivity contribution in [3.63, 3.8) is 0 Å². The summed E-state index contributed by atoms with van der Waals surface area (Å²) in [5, 5.41) is 7.14. The number of alkyl halides is 2. The smallest absolute Gasteiger partial charge is 0.257 e. The quantitative estimate of drug-likeness (QED) is 0.289. The number of hydrogen-bond donors (Lipinski definition) is 2. The Morgan fingerprint density at radius 1 is 0.706 bits per heavy atom. The molecule has 2 N–H and O–H groups in total. The maximum Gasteiger partial charge on any atom is 0.257 e. The van der Waals surface area contributed by atoms with Gasteiger partial charge in [-0.25, -0.2) is 0 Å². The first-order chi connectivity index (χ1) is 16.0. The minimum atomic E-state index is -1.34. The normalized spacial score (nSPS) is 18.3. The number of halogens is 7. The first-order valence-electron chi connectivity index (χ1n) is 9.67. The van der Waals surface area contributed by atoms with Crippen molar-refractivity contribution in [2.45, 2.75) is 10.3 Å². The molecule has 1 saturated carbocycles. The highest BCUT2D eigenvalue weighted by Gasteiger charge is 2.67. The third kappa shape index (κ3) is 5.55. The maximum absolute atomic E-state index is 13.0. The lowest BCUT2D eigenvalue weighted by atomic mass is 10.1. The maximum atomic E-state index is 13.0. The Hall–Kier alpha value is -1.37. The molecule has 0 aliphatic heterocycles. The number of benzene rings is 3. The zero-order chi connectivity index (χ0) is 24.8. The van der Waals surface area contributed by atoms with Crippen molar-refractivity contribution in [3.05, 3.63) is 90.8 Å². The molecule has 11 heteroatoms. The molecule has 176 valence electrons. The van der Waals surface area contributed by atoms with E-state index in [9.17, 15) is 9.59 Å². The largest absolute Gasteiger partial charge is 0.326 e. The highest BCUT2D eigenvalue weighted by atomic mass is 35.5. The summed E-state index contributed by atoms with van der Waals surface area (Å²) in [6, 6.07) is 14.0. The van der Waals surface area contributed by atoms with E-state index in [4.69, 9.17) is 81.2 Å². The van der Waals surface area contributed by atoms with Crippen LogP contribution in [0.1, 0.15) is 21.8 Å². The summed E-state index contributed by atoms with van der Waals surface area (Å²) >= 11 is 43.1. The van der Waals surface area contributed by atoms with Crippen LogP contribution in [0.15, 0.2) is 54.6 Å². The van der Waals surface area contributed by atoms with E-state index in [2.05, 4.69) is 10.6 Å². The van der Waals surface area contributed by atoms with E-state index in [1.165, 1.54) is 18.2 Å². The van der Waals surface area contributed by atoms with Gasteiger partial charge in [-0.3, -0.25) is 9.59 Å². The molecule has 2 amide bonds. The fourth-order valence-electron chi connectivity index (χ4n) is 3.64. The van der Waals surface area contributed by atoms with Crippen LogP contribution in [0.25, 0.3) is 0 Å². The fourth-order valence-corrected chi connectivity index (χ4v) is 5.74. The van der Waals surface area contributed by atoms with Crippen LogP contribution in [0.3, 0.4) is 0 Å². The molecule has 34 heavy (non-hydrogen) atoms. The average molecular weight is 598 g/mol. The van der Waals surface area contributed by atoms with Gasteiger partial charge in [0.15, 0.2) is 0 Å². The van der Waals surface area contributed by atoms with Crippen molar-refractivity contribution >= 4 is 104 Å². The van der Waals surface area contributed by atoms with Gasteiger partial charge in [-0.05, 0) is 60.2 Å². The predicted octanol–water partition coefficient (Wildman–Crippen LogP) is 8.73. The summed E-state index contributed by atoms with van der Waals surface area (Å²) in [6.45, 7) is 0. The molecule has 2 atom stereocenters. The van der Waals surface area contributed by atoms with Crippen LogP contribution in [0.5, 0.6) is 0 Å². The molecule has 0 heterocycles. The van der Waals surface area contributed by atoms with Crippen LogP contribution < -0.4 is 10.6 Å². The molecule has 0 saturated heterocycles. The average Bonchev–Trinajstić information content (AvgIpc) is 3.30. The molecular weight excluding hydrogens is 584 g/mol. The monoisotopic (exact) mass is 594 g/mol. The summed E-state index contributed by atoms with van der Waals surface area (Å²) in [4.78, 5) is 25.8. The first-order valence-corrected chi connectivity index (χ1v) is 12.3. The van der Waals surface area contributed by atoms with Gasteiger partial charge in [-0.15, -0.1) is 23.2 Å². The highest BCUT2D eigenvalue weighted by Crippen LogP contribution is 2.65. The summed E-state index contributed by atoms with van der Waals surface area (Å²) < 4.78 is -1.34. The number of hydrogen-bond acceptors (Lipinski definition) is 2. The summed E-state index contributed by atoms with van der Waals surface area (Å²) in [7, 11) is 0. The molecule has 3 aromatic carbocycles. The summed E-state index contributed by atoms with van der Waals surface area (Å²) in [5.41, 5.74) is 1.51. The minimum absolute atomic E-state index is 0.132. The number of anilines is 2. The van der Waals surface area contributed by atoms with Gasteiger partial charge in [-0.1, -0.05) is 58.0 Å². The van der Waals surface area contributed by atoms with E-state index in [1.54, 1.807) is 36.4 Å². The predicted molar refractivity (Wildman–Crippen MR) is 142 cm³/mol. The Morgan fingerprint density at radius 3 is 1.85 bits per heavy atom. The van der Waals surface area contributed by atoms with Gasteiger partial charge in [0.1, 0.15) is 4.33 Å².